The Kier molecular flexibility index (Phi) is 6.98. The molecule has 6 nitrogen and oxygen atoms in total. The second kappa shape index (κ2) is 9.20. The minimum absolute atomic E-state index is 0.0445. The van der Waals surface area contributed by atoms with Gasteiger partial charge in [0.15, 0.2) is 6.40 Å². The zero-order valence-corrected chi connectivity index (χ0v) is 15.0. The summed E-state index contributed by atoms with van der Waals surface area (Å²) in [5, 5.41) is 9.87. The molecule has 1 unspecified atom stereocenters. The molecule has 2 N–H and O–H groups in total. The maximum absolute atomic E-state index is 12.3. The largest absolute Gasteiger partial charge is 0.496 e. The molecule has 1 aromatic carbocycles. The van der Waals surface area contributed by atoms with Gasteiger partial charge in [-0.1, -0.05) is 31.0 Å². The Morgan fingerprint density at radius 2 is 2.12 bits per heavy atom. The van der Waals surface area contributed by atoms with Crippen molar-refractivity contribution in [3.63, 3.8) is 0 Å². The van der Waals surface area contributed by atoms with E-state index in [4.69, 9.17) is 14.9 Å². The number of amides is 1. The molecule has 0 saturated heterocycles. The summed E-state index contributed by atoms with van der Waals surface area (Å²) in [6.45, 7) is 2.41. The molecule has 1 fully saturated rings. The lowest BCUT2D eigenvalue weighted by molar-refractivity contribution is -0.122. The average molecular weight is 345 g/mol. The van der Waals surface area contributed by atoms with Crippen molar-refractivity contribution in [2.45, 2.75) is 50.5 Å². The molecule has 25 heavy (non-hydrogen) atoms. The summed E-state index contributed by atoms with van der Waals surface area (Å²) >= 11 is 0. The highest BCUT2D eigenvalue weighted by Crippen LogP contribution is 2.44. The van der Waals surface area contributed by atoms with Crippen LogP contribution in [0.3, 0.4) is 0 Å². The van der Waals surface area contributed by atoms with Crippen LogP contribution >= 0.6 is 0 Å². The number of nitrogens with one attached hydrogen (secondary N) is 2. The maximum atomic E-state index is 12.3. The third-order valence-electron chi connectivity index (χ3n) is 4.76. The molecular weight excluding hydrogens is 318 g/mol. The third-order valence-corrected chi connectivity index (χ3v) is 4.76. The van der Waals surface area contributed by atoms with E-state index in [0.717, 1.165) is 37.8 Å². The molecule has 0 bridgehead atoms. The minimum Gasteiger partial charge on any atom is -0.496 e. The predicted molar refractivity (Wildman–Crippen MR) is 98.6 cm³/mol. The number of hydrogen-bond acceptors (Lipinski definition) is 4. The summed E-state index contributed by atoms with van der Waals surface area (Å²) in [4.78, 5) is 15.8. The molecule has 1 aliphatic carbocycles. The quantitative estimate of drug-likeness (QED) is 0.533. The van der Waals surface area contributed by atoms with Crippen molar-refractivity contribution >= 4 is 18.6 Å². The number of carbonyl (C=O) groups is 1. The van der Waals surface area contributed by atoms with Crippen LogP contribution in [0, 0.1) is 5.41 Å². The van der Waals surface area contributed by atoms with Crippen LogP contribution in [-0.4, -0.2) is 38.4 Å². The number of aliphatic imine (C=N–C) groups is 1. The summed E-state index contributed by atoms with van der Waals surface area (Å²) in [7, 11) is 1.69. The molecular formula is C19H27N3O3. The molecule has 2 rings (SSSR count). The predicted octanol–water partition coefficient (Wildman–Crippen LogP) is 3.05. The maximum Gasteiger partial charge on any atom is 0.223 e. The monoisotopic (exact) mass is 345 g/mol. The van der Waals surface area contributed by atoms with Crippen LogP contribution in [-0.2, 0) is 14.9 Å². The van der Waals surface area contributed by atoms with Crippen molar-refractivity contribution in [2.24, 2.45) is 4.99 Å². The lowest BCUT2D eigenvalue weighted by Crippen LogP contribution is -2.40. The molecule has 6 heteroatoms. The van der Waals surface area contributed by atoms with Gasteiger partial charge in [0, 0.05) is 17.5 Å². The molecule has 0 aliphatic heterocycles. The molecule has 0 heterocycles. The van der Waals surface area contributed by atoms with Crippen molar-refractivity contribution in [2.75, 3.05) is 13.7 Å². The molecule has 1 aliphatic rings. The first-order chi connectivity index (χ1) is 12.1. The fourth-order valence-electron chi connectivity index (χ4n) is 3.49. The van der Waals surface area contributed by atoms with Gasteiger partial charge in [0.1, 0.15) is 18.2 Å². The lowest BCUT2D eigenvalue weighted by Gasteiger charge is -2.31. The number of nitrogens with zero attached hydrogens (tertiary/aromatic N) is 1. The standard InChI is InChI=1S/C19H27N3O3/c1-15(25-14-21-13-20)11-18(23)22-12-19(9-5-6-10-19)16-7-3-4-8-17(16)24-2/h3-4,7-8,13-15,20H,5-6,9-12H2,1-2H3,(H,22,23). The Labute approximate surface area is 149 Å². The van der Waals surface area contributed by atoms with E-state index in [9.17, 15) is 4.79 Å². The first kappa shape index (κ1) is 19.0. The topological polar surface area (TPSA) is 83.8 Å². The summed E-state index contributed by atoms with van der Waals surface area (Å²) in [6.07, 6.45) is 6.47. The zero-order chi connectivity index (χ0) is 18.1. The second-order valence-corrected chi connectivity index (χ2v) is 6.50. The molecule has 0 spiro atoms. The Balaban J connectivity index is 1.99. The number of benzene rings is 1. The van der Waals surface area contributed by atoms with Crippen molar-refractivity contribution in [3.8, 4) is 5.75 Å². The van der Waals surface area contributed by atoms with Crippen LogP contribution in [0.1, 0.15) is 44.6 Å². The van der Waals surface area contributed by atoms with E-state index in [1.165, 1.54) is 12.0 Å². The van der Waals surface area contributed by atoms with Crippen molar-refractivity contribution in [1.29, 1.82) is 5.41 Å². The average Bonchev–Trinajstić information content (AvgIpc) is 3.10. The summed E-state index contributed by atoms with van der Waals surface area (Å²) in [5.41, 5.74) is 1.12. The van der Waals surface area contributed by atoms with Crippen LogP contribution in [0.25, 0.3) is 0 Å². The van der Waals surface area contributed by atoms with Gasteiger partial charge in [0.25, 0.3) is 0 Å². The Hall–Kier alpha value is -2.37. The van der Waals surface area contributed by atoms with Gasteiger partial charge in [-0.25, -0.2) is 4.99 Å². The molecule has 0 aromatic heterocycles. The second-order valence-electron chi connectivity index (χ2n) is 6.50. The van der Waals surface area contributed by atoms with Gasteiger partial charge in [-0.2, -0.15) is 0 Å². The minimum atomic E-state index is -0.283. The highest BCUT2D eigenvalue weighted by molar-refractivity contribution is 5.77. The van der Waals surface area contributed by atoms with Crippen LogP contribution < -0.4 is 10.1 Å². The van der Waals surface area contributed by atoms with E-state index in [1.54, 1.807) is 14.0 Å². The van der Waals surface area contributed by atoms with Crippen molar-refractivity contribution in [1.82, 2.24) is 5.32 Å². The van der Waals surface area contributed by atoms with Gasteiger partial charge in [0.05, 0.1) is 13.5 Å². The van der Waals surface area contributed by atoms with E-state index in [1.807, 2.05) is 18.2 Å². The number of hydrogen-bond donors (Lipinski definition) is 2. The van der Waals surface area contributed by atoms with Gasteiger partial charge in [-0.15, -0.1) is 0 Å². The van der Waals surface area contributed by atoms with Gasteiger partial charge in [-0.3, -0.25) is 10.2 Å². The summed E-state index contributed by atoms with van der Waals surface area (Å²) in [5.74, 6) is 0.843. The van der Waals surface area contributed by atoms with E-state index in [2.05, 4.69) is 16.4 Å². The van der Waals surface area contributed by atoms with E-state index >= 15 is 0 Å². The first-order valence-electron chi connectivity index (χ1n) is 8.67. The Morgan fingerprint density at radius 3 is 2.80 bits per heavy atom. The number of ether oxygens (including phenoxy) is 2. The third kappa shape index (κ3) is 5.05. The fourth-order valence-corrected chi connectivity index (χ4v) is 3.49. The summed E-state index contributed by atoms with van der Waals surface area (Å²) < 4.78 is 10.8. The number of carbonyl (C=O) groups excluding carboxylic acids is 1. The number of rotatable bonds is 9. The fraction of sp³-hybridized carbons (Fsp3) is 0.526. The number of para-hydroxylation sites is 1. The SMILES string of the molecule is COc1ccccc1C1(CNC(=O)CC(C)OC=NC=N)CCCC1. The summed E-state index contributed by atoms with van der Waals surface area (Å²) in [6, 6.07) is 8.09. The first-order valence-corrected chi connectivity index (χ1v) is 8.67. The normalized spacial score (nSPS) is 17.2. The van der Waals surface area contributed by atoms with Crippen LogP contribution in [0.5, 0.6) is 5.75 Å². The van der Waals surface area contributed by atoms with Crippen molar-refractivity contribution < 1.29 is 14.3 Å². The van der Waals surface area contributed by atoms with Gasteiger partial charge in [-0.05, 0) is 25.8 Å². The Morgan fingerprint density at radius 1 is 1.40 bits per heavy atom. The van der Waals surface area contributed by atoms with Crippen LogP contribution in [0.4, 0.5) is 0 Å². The molecule has 1 aromatic rings. The lowest BCUT2D eigenvalue weighted by atomic mass is 9.78. The number of methoxy groups -OCH3 is 1. The molecule has 1 atom stereocenters. The molecule has 1 amide bonds. The Bertz CT molecular complexity index is 610. The molecule has 136 valence electrons. The van der Waals surface area contributed by atoms with E-state index in [0.29, 0.717) is 6.54 Å². The van der Waals surface area contributed by atoms with Crippen molar-refractivity contribution in [3.05, 3.63) is 29.8 Å². The van der Waals surface area contributed by atoms with E-state index in [-0.39, 0.29) is 23.8 Å². The molecule has 0 radical (unpaired) electrons. The van der Waals surface area contributed by atoms with Gasteiger partial charge < -0.3 is 14.8 Å². The van der Waals surface area contributed by atoms with Gasteiger partial charge in [0.2, 0.25) is 5.91 Å². The molecule has 1 saturated carbocycles. The van der Waals surface area contributed by atoms with Crippen LogP contribution in [0.15, 0.2) is 29.3 Å². The highest BCUT2D eigenvalue weighted by atomic mass is 16.5. The smallest absolute Gasteiger partial charge is 0.223 e. The van der Waals surface area contributed by atoms with Crippen LogP contribution in [0.2, 0.25) is 0 Å². The highest BCUT2D eigenvalue weighted by Gasteiger charge is 2.38. The van der Waals surface area contributed by atoms with Gasteiger partial charge >= 0.3 is 0 Å². The zero-order valence-electron chi connectivity index (χ0n) is 15.0. The van der Waals surface area contributed by atoms with E-state index < -0.39 is 0 Å².